The topological polar surface area (TPSA) is 143 Å². The number of ether oxygens (including phenoxy) is 1. The van der Waals surface area contributed by atoms with E-state index in [-0.39, 0.29) is 24.0 Å². The van der Waals surface area contributed by atoms with Crippen LogP contribution in [0.15, 0.2) is 18.3 Å². The fourth-order valence-corrected chi connectivity index (χ4v) is 3.51. The van der Waals surface area contributed by atoms with E-state index >= 15 is 0 Å². The summed E-state index contributed by atoms with van der Waals surface area (Å²) in [6.45, 7) is 3.61. The Morgan fingerprint density at radius 3 is 2.38 bits per heavy atom. The molecule has 3 rings (SSSR count). The zero-order valence-corrected chi connectivity index (χ0v) is 17.2. The largest absolute Gasteiger partial charge is 0.481 e. The average Bonchev–Trinajstić information content (AvgIpc) is 2.66. The fraction of sp³-hybridized carbons (Fsp3) is 0.600. The fourth-order valence-electron chi connectivity index (χ4n) is 3.51. The molecule has 0 aromatic carbocycles. The molecule has 2 heterocycles. The zero-order chi connectivity index (χ0) is 22.0. The van der Waals surface area contributed by atoms with Crippen molar-refractivity contribution >= 4 is 17.8 Å². The molecular weight excluding hydrogens is 378 g/mol. The predicted molar refractivity (Wildman–Crippen MR) is 106 cm³/mol. The van der Waals surface area contributed by atoms with E-state index in [0.29, 0.717) is 6.54 Å². The molecule has 162 valence electrons. The Morgan fingerprint density at radius 1 is 1.21 bits per heavy atom. The number of aromatic nitrogens is 1. The standard InChI is InChI=1S/C16H23N3O2.2C2H4O2/c1-21-15-5-4-11(9-13(15)17)16(20)19-8-6-14-12(10-19)3-2-7-18-14;2*1-2(3)4/h2-3,7,11,13,15H,4-6,8-10,17H2,1H3;2*1H3,(H,3,4)/t11-,13+,15+;;/m0../s1. The smallest absolute Gasteiger partial charge is 0.300 e. The van der Waals surface area contributed by atoms with Crippen molar-refractivity contribution in [2.24, 2.45) is 11.7 Å². The third-order valence-corrected chi connectivity index (χ3v) is 4.76. The number of amides is 1. The number of pyridine rings is 1. The number of carbonyl (C=O) groups excluding carboxylic acids is 1. The van der Waals surface area contributed by atoms with Crippen molar-refractivity contribution in [2.75, 3.05) is 13.7 Å². The number of carboxylic acids is 2. The van der Waals surface area contributed by atoms with E-state index in [1.165, 1.54) is 5.56 Å². The summed E-state index contributed by atoms with van der Waals surface area (Å²) in [4.78, 5) is 37.1. The summed E-state index contributed by atoms with van der Waals surface area (Å²) in [5.41, 5.74) is 8.42. The predicted octanol–water partition coefficient (Wildman–Crippen LogP) is 1.29. The highest BCUT2D eigenvalue weighted by molar-refractivity contribution is 5.79. The molecule has 29 heavy (non-hydrogen) atoms. The number of hydrogen-bond donors (Lipinski definition) is 3. The summed E-state index contributed by atoms with van der Waals surface area (Å²) >= 11 is 0. The minimum atomic E-state index is -0.833. The second-order valence-corrected chi connectivity index (χ2v) is 7.11. The van der Waals surface area contributed by atoms with Gasteiger partial charge in [0.1, 0.15) is 0 Å². The first-order chi connectivity index (χ1) is 13.6. The van der Waals surface area contributed by atoms with E-state index in [0.717, 1.165) is 51.8 Å². The lowest BCUT2D eigenvalue weighted by Gasteiger charge is -2.36. The third-order valence-electron chi connectivity index (χ3n) is 4.76. The first kappa shape index (κ1) is 24.5. The first-order valence-corrected chi connectivity index (χ1v) is 9.54. The summed E-state index contributed by atoms with van der Waals surface area (Å²) in [5.74, 6) is -1.38. The summed E-state index contributed by atoms with van der Waals surface area (Å²) < 4.78 is 5.37. The van der Waals surface area contributed by atoms with Crippen molar-refractivity contribution in [3.63, 3.8) is 0 Å². The van der Waals surface area contributed by atoms with Crippen molar-refractivity contribution in [3.05, 3.63) is 29.6 Å². The maximum atomic E-state index is 12.7. The summed E-state index contributed by atoms with van der Waals surface area (Å²) in [7, 11) is 1.70. The molecule has 1 amide bonds. The molecule has 0 bridgehead atoms. The molecule has 1 aromatic heterocycles. The van der Waals surface area contributed by atoms with Crippen LogP contribution in [0.1, 0.15) is 44.4 Å². The molecule has 1 aromatic rings. The molecule has 0 radical (unpaired) electrons. The number of nitrogens with zero attached hydrogens (tertiary/aromatic N) is 2. The van der Waals surface area contributed by atoms with Crippen LogP contribution in [-0.2, 0) is 32.1 Å². The second kappa shape index (κ2) is 12.1. The van der Waals surface area contributed by atoms with E-state index in [2.05, 4.69) is 11.1 Å². The minimum absolute atomic E-state index is 0.0311. The number of methoxy groups -OCH3 is 1. The lowest BCUT2D eigenvalue weighted by atomic mass is 9.83. The number of hydrogen-bond acceptors (Lipinski definition) is 6. The Balaban J connectivity index is 0.000000452. The average molecular weight is 409 g/mol. The van der Waals surface area contributed by atoms with Crippen LogP contribution < -0.4 is 5.73 Å². The van der Waals surface area contributed by atoms with Gasteiger partial charge in [0.25, 0.3) is 11.9 Å². The van der Waals surface area contributed by atoms with Gasteiger partial charge in [-0.15, -0.1) is 0 Å². The van der Waals surface area contributed by atoms with Crippen molar-refractivity contribution < 1.29 is 29.3 Å². The number of fused-ring (bicyclic) bond motifs is 1. The van der Waals surface area contributed by atoms with Gasteiger partial charge in [-0.25, -0.2) is 0 Å². The van der Waals surface area contributed by atoms with Gasteiger partial charge in [-0.05, 0) is 30.9 Å². The van der Waals surface area contributed by atoms with E-state index in [1.807, 2.05) is 17.2 Å². The van der Waals surface area contributed by atoms with Crippen LogP contribution in [-0.4, -0.2) is 63.7 Å². The van der Waals surface area contributed by atoms with Gasteiger partial charge in [0.05, 0.1) is 6.10 Å². The van der Waals surface area contributed by atoms with Gasteiger partial charge in [0, 0.05) is 64.3 Å². The van der Waals surface area contributed by atoms with Gasteiger partial charge in [-0.1, -0.05) is 6.07 Å². The van der Waals surface area contributed by atoms with Crippen LogP contribution in [0.5, 0.6) is 0 Å². The SMILES string of the molecule is CC(=O)O.CC(=O)O.CO[C@@H]1CC[C@H](C(=O)N2CCc3ncccc3C2)C[C@H]1N. The molecule has 1 saturated carbocycles. The summed E-state index contributed by atoms with van der Waals surface area (Å²) in [5, 5.41) is 14.8. The molecule has 1 fully saturated rings. The van der Waals surface area contributed by atoms with Crippen LogP contribution in [0.2, 0.25) is 0 Å². The van der Waals surface area contributed by atoms with Crippen molar-refractivity contribution in [1.82, 2.24) is 9.88 Å². The van der Waals surface area contributed by atoms with Crippen molar-refractivity contribution in [2.45, 2.75) is 58.2 Å². The van der Waals surface area contributed by atoms with E-state index in [9.17, 15) is 4.79 Å². The zero-order valence-electron chi connectivity index (χ0n) is 17.2. The number of rotatable bonds is 2. The van der Waals surface area contributed by atoms with Gasteiger partial charge >= 0.3 is 0 Å². The van der Waals surface area contributed by atoms with Gasteiger partial charge < -0.3 is 25.6 Å². The van der Waals surface area contributed by atoms with Gasteiger partial charge in [-0.2, -0.15) is 0 Å². The lowest BCUT2D eigenvalue weighted by Crippen LogP contribution is -2.47. The van der Waals surface area contributed by atoms with Crippen molar-refractivity contribution in [1.29, 1.82) is 0 Å². The Bertz CT molecular complexity index is 677. The van der Waals surface area contributed by atoms with Crippen LogP contribution in [0.3, 0.4) is 0 Å². The molecule has 0 unspecified atom stereocenters. The quantitative estimate of drug-likeness (QED) is 0.663. The summed E-state index contributed by atoms with van der Waals surface area (Å²) in [6, 6.07) is 3.97. The molecule has 9 nitrogen and oxygen atoms in total. The highest BCUT2D eigenvalue weighted by atomic mass is 16.5. The lowest BCUT2D eigenvalue weighted by molar-refractivity contribution is -0.139. The molecule has 0 saturated heterocycles. The molecule has 3 atom stereocenters. The Morgan fingerprint density at radius 2 is 1.83 bits per heavy atom. The molecule has 0 spiro atoms. The first-order valence-electron chi connectivity index (χ1n) is 9.54. The molecule has 1 aliphatic heterocycles. The van der Waals surface area contributed by atoms with E-state index in [1.54, 1.807) is 7.11 Å². The minimum Gasteiger partial charge on any atom is -0.481 e. The Hall–Kier alpha value is -2.52. The van der Waals surface area contributed by atoms with Gasteiger partial charge in [0.2, 0.25) is 5.91 Å². The Kier molecular flexibility index (Phi) is 10.3. The van der Waals surface area contributed by atoms with Gasteiger partial charge in [-0.3, -0.25) is 19.4 Å². The van der Waals surface area contributed by atoms with Crippen LogP contribution in [0, 0.1) is 5.92 Å². The maximum Gasteiger partial charge on any atom is 0.300 e. The van der Waals surface area contributed by atoms with Crippen molar-refractivity contribution in [3.8, 4) is 0 Å². The van der Waals surface area contributed by atoms with Crippen LogP contribution >= 0.6 is 0 Å². The number of carbonyl (C=O) groups is 3. The Labute approximate surface area is 170 Å². The molecular formula is C20H31N3O6. The van der Waals surface area contributed by atoms with Crippen LogP contribution in [0.25, 0.3) is 0 Å². The molecule has 1 aliphatic carbocycles. The normalized spacial score (nSPS) is 22.8. The van der Waals surface area contributed by atoms with E-state index in [4.69, 9.17) is 30.3 Å². The van der Waals surface area contributed by atoms with E-state index < -0.39 is 11.9 Å². The van der Waals surface area contributed by atoms with Gasteiger partial charge in [0.15, 0.2) is 0 Å². The maximum absolute atomic E-state index is 12.7. The summed E-state index contributed by atoms with van der Waals surface area (Å²) in [6.07, 6.45) is 5.25. The molecule has 2 aliphatic rings. The monoisotopic (exact) mass is 409 g/mol. The highest BCUT2D eigenvalue weighted by Gasteiger charge is 2.34. The number of carboxylic acid groups (broad SMARTS) is 2. The third kappa shape index (κ3) is 8.57. The molecule has 4 N–H and O–H groups in total. The van der Waals surface area contributed by atoms with Crippen LogP contribution in [0.4, 0.5) is 0 Å². The highest BCUT2D eigenvalue weighted by Crippen LogP contribution is 2.28. The second-order valence-electron chi connectivity index (χ2n) is 7.11. The molecule has 9 heteroatoms. The number of nitrogens with two attached hydrogens (primary N) is 1. The number of aliphatic carboxylic acids is 2.